The SMILES string of the molecule is Cc1cc(O)ccc1C(O)CN1CCNCC1. The van der Waals surface area contributed by atoms with Crippen molar-refractivity contribution in [1.29, 1.82) is 0 Å². The molecule has 1 aromatic carbocycles. The lowest BCUT2D eigenvalue weighted by Gasteiger charge is -2.29. The molecule has 0 radical (unpaired) electrons. The summed E-state index contributed by atoms with van der Waals surface area (Å²) in [5, 5.41) is 22.8. The highest BCUT2D eigenvalue weighted by Gasteiger charge is 2.17. The molecule has 0 bridgehead atoms. The van der Waals surface area contributed by atoms with Gasteiger partial charge in [-0.05, 0) is 30.2 Å². The summed E-state index contributed by atoms with van der Waals surface area (Å²) in [5.74, 6) is 0.251. The molecule has 0 amide bonds. The number of nitrogens with one attached hydrogen (secondary N) is 1. The lowest BCUT2D eigenvalue weighted by molar-refractivity contribution is 0.105. The Morgan fingerprint density at radius 2 is 2.06 bits per heavy atom. The van der Waals surface area contributed by atoms with Crippen LogP contribution in [0, 0.1) is 6.92 Å². The van der Waals surface area contributed by atoms with E-state index in [1.807, 2.05) is 6.92 Å². The van der Waals surface area contributed by atoms with Crippen molar-refractivity contribution in [2.75, 3.05) is 32.7 Å². The molecule has 1 atom stereocenters. The standard InChI is InChI=1S/C13H20N2O2/c1-10-8-11(16)2-3-12(10)13(17)9-15-6-4-14-5-7-15/h2-3,8,13-14,16-17H,4-7,9H2,1H3. The number of piperazine rings is 1. The Morgan fingerprint density at radius 3 is 2.71 bits per heavy atom. The van der Waals surface area contributed by atoms with E-state index in [1.165, 1.54) is 0 Å². The first-order valence-corrected chi connectivity index (χ1v) is 6.07. The van der Waals surface area contributed by atoms with E-state index in [2.05, 4.69) is 10.2 Å². The molecule has 4 nitrogen and oxygen atoms in total. The van der Waals surface area contributed by atoms with E-state index < -0.39 is 6.10 Å². The van der Waals surface area contributed by atoms with Gasteiger partial charge in [0, 0.05) is 32.7 Å². The third kappa shape index (κ3) is 3.19. The van der Waals surface area contributed by atoms with E-state index in [-0.39, 0.29) is 5.75 Å². The molecule has 1 fully saturated rings. The molecule has 1 saturated heterocycles. The summed E-state index contributed by atoms with van der Waals surface area (Å²) in [5.41, 5.74) is 1.84. The van der Waals surface area contributed by atoms with Crippen molar-refractivity contribution in [2.45, 2.75) is 13.0 Å². The number of hydrogen-bond acceptors (Lipinski definition) is 4. The Morgan fingerprint density at radius 1 is 1.35 bits per heavy atom. The van der Waals surface area contributed by atoms with Gasteiger partial charge in [-0.15, -0.1) is 0 Å². The Hall–Kier alpha value is -1.10. The summed E-state index contributed by atoms with van der Waals surface area (Å²) < 4.78 is 0. The molecule has 0 aliphatic carbocycles. The Bertz CT molecular complexity index is 376. The summed E-state index contributed by atoms with van der Waals surface area (Å²) in [6.07, 6.45) is -0.478. The highest BCUT2D eigenvalue weighted by molar-refractivity contribution is 5.35. The number of benzene rings is 1. The van der Waals surface area contributed by atoms with E-state index in [9.17, 15) is 10.2 Å². The van der Waals surface area contributed by atoms with Crippen molar-refractivity contribution >= 4 is 0 Å². The van der Waals surface area contributed by atoms with Gasteiger partial charge in [0.2, 0.25) is 0 Å². The van der Waals surface area contributed by atoms with Crippen LogP contribution in [0.25, 0.3) is 0 Å². The van der Waals surface area contributed by atoms with Gasteiger partial charge in [-0.2, -0.15) is 0 Å². The fourth-order valence-electron chi connectivity index (χ4n) is 2.27. The van der Waals surface area contributed by atoms with Crippen LogP contribution in [0.15, 0.2) is 18.2 Å². The van der Waals surface area contributed by atoms with Crippen molar-refractivity contribution in [1.82, 2.24) is 10.2 Å². The summed E-state index contributed by atoms with van der Waals surface area (Å²) >= 11 is 0. The normalized spacial score (nSPS) is 19.2. The zero-order valence-electron chi connectivity index (χ0n) is 10.2. The molecule has 1 heterocycles. The minimum absolute atomic E-state index is 0.251. The van der Waals surface area contributed by atoms with E-state index in [1.54, 1.807) is 18.2 Å². The number of aromatic hydroxyl groups is 1. The molecule has 2 rings (SSSR count). The number of β-amino-alcohol motifs (C(OH)–C–C–N with tert-alkyl or cyclic N) is 1. The number of aliphatic hydroxyl groups is 1. The molecule has 3 N–H and O–H groups in total. The van der Waals surface area contributed by atoms with Crippen LogP contribution < -0.4 is 5.32 Å². The first-order chi connectivity index (χ1) is 8.16. The van der Waals surface area contributed by atoms with Crippen LogP contribution in [0.1, 0.15) is 17.2 Å². The fourth-order valence-corrected chi connectivity index (χ4v) is 2.27. The second-order valence-electron chi connectivity index (χ2n) is 4.61. The number of aliphatic hydroxyl groups excluding tert-OH is 1. The van der Waals surface area contributed by atoms with Crippen LogP contribution in [0.2, 0.25) is 0 Å². The fraction of sp³-hybridized carbons (Fsp3) is 0.538. The van der Waals surface area contributed by atoms with Crippen LogP contribution in [0.5, 0.6) is 5.75 Å². The minimum Gasteiger partial charge on any atom is -0.508 e. The molecule has 0 aromatic heterocycles. The maximum Gasteiger partial charge on any atom is 0.115 e. The van der Waals surface area contributed by atoms with E-state index in [0.717, 1.165) is 37.3 Å². The monoisotopic (exact) mass is 236 g/mol. The molecule has 1 aliphatic rings. The smallest absolute Gasteiger partial charge is 0.115 e. The van der Waals surface area contributed by atoms with Gasteiger partial charge in [-0.1, -0.05) is 6.07 Å². The zero-order chi connectivity index (χ0) is 12.3. The minimum atomic E-state index is -0.478. The Kier molecular flexibility index (Phi) is 3.99. The van der Waals surface area contributed by atoms with Crippen molar-refractivity contribution in [3.8, 4) is 5.75 Å². The molecule has 94 valence electrons. The van der Waals surface area contributed by atoms with Gasteiger partial charge in [0.1, 0.15) is 5.75 Å². The maximum atomic E-state index is 10.2. The van der Waals surface area contributed by atoms with Crippen LogP contribution in [-0.4, -0.2) is 47.8 Å². The average Bonchev–Trinajstić information content (AvgIpc) is 2.30. The third-order valence-corrected chi connectivity index (χ3v) is 3.25. The van der Waals surface area contributed by atoms with Crippen LogP contribution in [0.4, 0.5) is 0 Å². The largest absolute Gasteiger partial charge is 0.508 e. The lowest BCUT2D eigenvalue weighted by atomic mass is 10.0. The summed E-state index contributed by atoms with van der Waals surface area (Å²) in [6.45, 7) is 6.51. The van der Waals surface area contributed by atoms with Crippen LogP contribution >= 0.6 is 0 Å². The second kappa shape index (κ2) is 5.49. The predicted molar refractivity (Wildman–Crippen MR) is 67.1 cm³/mol. The molecule has 0 saturated carbocycles. The number of hydrogen-bond donors (Lipinski definition) is 3. The van der Waals surface area contributed by atoms with Gasteiger partial charge < -0.3 is 15.5 Å². The van der Waals surface area contributed by atoms with Gasteiger partial charge >= 0.3 is 0 Å². The predicted octanol–water partition coefficient (Wildman–Crippen LogP) is 0.639. The quantitative estimate of drug-likeness (QED) is 0.721. The number of rotatable bonds is 3. The molecule has 17 heavy (non-hydrogen) atoms. The lowest BCUT2D eigenvalue weighted by Crippen LogP contribution is -2.45. The molecule has 4 heteroatoms. The Labute approximate surface area is 102 Å². The zero-order valence-corrected chi connectivity index (χ0v) is 10.2. The third-order valence-electron chi connectivity index (χ3n) is 3.25. The van der Waals surface area contributed by atoms with Gasteiger partial charge in [0.25, 0.3) is 0 Å². The second-order valence-corrected chi connectivity index (χ2v) is 4.61. The highest BCUT2D eigenvalue weighted by atomic mass is 16.3. The van der Waals surface area contributed by atoms with Crippen molar-refractivity contribution in [3.63, 3.8) is 0 Å². The van der Waals surface area contributed by atoms with Crippen LogP contribution in [-0.2, 0) is 0 Å². The van der Waals surface area contributed by atoms with Crippen LogP contribution in [0.3, 0.4) is 0 Å². The summed E-state index contributed by atoms with van der Waals surface area (Å²) in [7, 11) is 0. The topological polar surface area (TPSA) is 55.7 Å². The molecular weight excluding hydrogens is 216 g/mol. The first-order valence-electron chi connectivity index (χ1n) is 6.07. The van der Waals surface area contributed by atoms with Gasteiger partial charge in [-0.25, -0.2) is 0 Å². The Balaban J connectivity index is 2.00. The molecule has 1 aliphatic heterocycles. The number of nitrogens with zero attached hydrogens (tertiary/aromatic N) is 1. The first kappa shape index (κ1) is 12.4. The van der Waals surface area contributed by atoms with Crippen molar-refractivity contribution < 1.29 is 10.2 Å². The summed E-state index contributed by atoms with van der Waals surface area (Å²) in [6, 6.07) is 5.12. The van der Waals surface area contributed by atoms with Crippen molar-refractivity contribution in [3.05, 3.63) is 29.3 Å². The van der Waals surface area contributed by atoms with Gasteiger partial charge in [0.15, 0.2) is 0 Å². The average molecular weight is 236 g/mol. The van der Waals surface area contributed by atoms with Crippen molar-refractivity contribution in [2.24, 2.45) is 0 Å². The maximum absolute atomic E-state index is 10.2. The molecule has 0 spiro atoms. The van der Waals surface area contributed by atoms with Gasteiger partial charge in [-0.3, -0.25) is 4.90 Å². The van der Waals surface area contributed by atoms with E-state index in [0.29, 0.717) is 6.54 Å². The van der Waals surface area contributed by atoms with E-state index in [4.69, 9.17) is 0 Å². The van der Waals surface area contributed by atoms with E-state index >= 15 is 0 Å². The van der Waals surface area contributed by atoms with Gasteiger partial charge in [0.05, 0.1) is 6.10 Å². The number of phenolic OH excluding ortho intramolecular Hbond substituents is 1. The molecule has 1 aromatic rings. The number of phenols is 1. The highest BCUT2D eigenvalue weighted by Crippen LogP contribution is 2.22. The molecular formula is C13H20N2O2. The molecule has 1 unspecified atom stereocenters. The number of aryl methyl sites for hydroxylation is 1. The summed E-state index contributed by atoms with van der Waals surface area (Å²) in [4.78, 5) is 2.26.